The lowest BCUT2D eigenvalue weighted by Gasteiger charge is -2.16. The molecule has 0 bridgehead atoms. The molecule has 6 heteroatoms. The summed E-state index contributed by atoms with van der Waals surface area (Å²) in [5.74, 6) is 0.770. The van der Waals surface area contributed by atoms with E-state index in [9.17, 15) is 4.79 Å². The zero-order valence-electron chi connectivity index (χ0n) is 22.4. The van der Waals surface area contributed by atoms with Crippen molar-refractivity contribution in [1.82, 2.24) is 4.57 Å². The van der Waals surface area contributed by atoms with Gasteiger partial charge in [-0.05, 0) is 54.6 Å². The number of furan rings is 1. The average molecular weight is 604 g/mol. The lowest BCUT2D eigenvalue weighted by Crippen LogP contribution is -3.00. The Morgan fingerprint density at radius 2 is 1.49 bits per heavy atom. The Kier molecular flexibility index (Phi) is 7.16. The Balaban J connectivity index is 0.00000302. The molecule has 5 aromatic carbocycles. The lowest BCUT2D eigenvalue weighted by molar-refractivity contribution is -0.658. The van der Waals surface area contributed by atoms with Gasteiger partial charge in [0.25, 0.3) is 0 Å². The molecule has 41 heavy (non-hydrogen) atoms. The monoisotopic (exact) mass is 602 g/mol. The van der Waals surface area contributed by atoms with Gasteiger partial charge in [0.05, 0.1) is 7.11 Å². The van der Waals surface area contributed by atoms with Crippen LogP contribution < -0.4 is 26.3 Å². The summed E-state index contributed by atoms with van der Waals surface area (Å²) in [4.78, 5) is 13.3. The molecule has 1 atom stereocenters. The molecule has 2 heterocycles. The number of carbonyl (C=O) groups is 1. The second-order valence-corrected chi connectivity index (χ2v) is 9.96. The first-order chi connectivity index (χ1) is 19.7. The number of benzene rings is 5. The summed E-state index contributed by atoms with van der Waals surface area (Å²) in [6.45, 7) is 0.229. The van der Waals surface area contributed by atoms with Crippen molar-refractivity contribution < 1.29 is 35.5 Å². The predicted octanol–water partition coefficient (Wildman–Crippen LogP) is 4.36. The minimum atomic E-state index is -0.110. The van der Waals surface area contributed by atoms with E-state index in [1.807, 2.05) is 65.2 Å². The number of imidazole rings is 1. The zero-order chi connectivity index (χ0) is 27.1. The molecule has 5 nitrogen and oxygen atoms in total. The van der Waals surface area contributed by atoms with Crippen LogP contribution in [0.15, 0.2) is 132 Å². The molecular formula is C35H27BrN2O3. The van der Waals surface area contributed by atoms with Gasteiger partial charge in [-0.1, -0.05) is 66.7 Å². The highest BCUT2D eigenvalue weighted by molar-refractivity contribution is 6.05. The summed E-state index contributed by atoms with van der Waals surface area (Å²) in [6, 6.07) is 40.5. The number of nitrogens with zero attached hydrogens (tertiary/aromatic N) is 2. The molecule has 0 spiro atoms. The van der Waals surface area contributed by atoms with Crippen molar-refractivity contribution in [3.63, 3.8) is 0 Å². The van der Waals surface area contributed by atoms with Crippen molar-refractivity contribution in [2.75, 3.05) is 7.11 Å². The fourth-order valence-corrected chi connectivity index (χ4v) is 5.62. The Bertz CT molecular complexity index is 1990. The number of Topliss-reactive ketones (excluding diaryl/α,β-unsaturated/α-hetero) is 1. The number of aromatic nitrogens is 2. The molecular weight excluding hydrogens is 576 g/mol. The number of rotatable bonds is 7. The topological polar surface area (TPSA) is 48.2 Å². The number of methoxy groups -OCH3 is 1. The van der Waals surface area contributed by atoms with Crippen LogP contribution in [0.4, 0.5) is 0 Å². The number of fused-ring (bicyclic) bond motifs is 4. The van der Waals surface area contributed by atoms with Crippen molar-refractivity contribution in [2.45, 2.75) is 12.6 Å². The molecule has 0 aliphatic heterocycles. The van der Waals surface area contributed by atoms with Crippen molar-refractivity contribution in [1.29, 1.82) is 0 Å². The van der Waals surface area contributed by atoms with E-state index < -0.39 is 0 Å². The summed E-state index contributed by atoms with van der Waals surface area (Å²) >= 11 is 0. The number of hydrogen-bond donors (Lipinski definition) is 0. The number of para-hydroxylation sites is 3. The van der Waals surface area contributed by atoms with Gasteiger partial charge in [-0.3, -0.25) is 4.79 Å². The molecule has 1 unspecified atom stereocenters. The van der Waals surface area contributed by atoms with E-state index in [4.69, 9.17) is 9.15 Å². The minimum Gasteiger partial charge on any atom is -1.00 e. The second-order valence-electron chi connectivity index (χ2n) is 9.96. The number of hydrogen-bond acceptors (Lipinski definition) is 3. The normalized spacial score (nSPS) is 11.9. The number of carbonyl (C=O) groups excluding carboxylic acids is 1. The first-order valence-corrected chi connectivity index (χ1v) is 13.3. The van der Waals surface area contributed by atoms with Gasteiger partial charge in [-0.15, -0.1) is 0 Å². The zero-order valence-corrected chi connectivity index (χ0v) is 24.0. The Morgan fingerprint density at radius 1 is 0.780 bits per heavy atom. The summed E-state index contributed by atoms with van der Waals surface area (Å²) in [6.07, 6.45) is 2.07. The number of ether oxygens (including phenoxy) is 1. The van der Waals surface area contributed by atoms with Gasteiger partial charge in [0.15, 0.2) is 23.6 Å². The Morgan fingerprint density at radius 3 is 2.29 bits per heavy atom. The van der Waals surface area contributed by atoms with Gasteiger partial charge in [-0.25, -0.2) is 9.13 Å². The summed E-state index contributed by atoms with van der Waals surface area (Å²) in [5.41, 5.74) is 6.75. The van der Waals surface area contributed by atoms with E-state index in [-0.39, 0.29) is 35.4 Å². The van der Waals surface area contributed by atoms with Crippen LogP contribution in [-0.4, -0.2) is 17.5 Å². The maximum Gasteiger partial charge on any atom is 0.245 e. The number of halogens is 1. The Hall–Kier alpha value is -4.68. The number of ketones is 1. The molecule has 0 radical (unpaired) electrons. The molecule has 2 aromatic heterocycles. The van der Waals surface area contributed by atoms with E-state index >= 15 is 0 Å². The highest BCUT2D eigenvalue weighted by Crippen LogP contribution is 2.35. The van der Waals surface area contributed by atoms with Crippen LogP contribution in [0.25, 0.3) is 33.0 Å². The van der Waals surface area contributed by atoms with Gasteiger partial charge >= 0.3 is 0 Å². The maximum absolute atomic E-state index is 13.3. The molecule has 202 valence electrons. The van der Waals surface area contributed by atoms with Crippen molar-refractivity contribution in [2.24, 2.45) is 0 Å². The first kappa shape index (κ1) is 26.5. The van der Waals surface area contributed by atoms with Crippen LogP contribution in [0.5, 0.6) is 5.75 Å². The van der Waals surface area contributed by atoms with E-state index in [0.717, 1.165) is 49.8 Å². The van der Waals surface area contributed by atoms with Crippen LogP contribution in [0.2, 0.25) is 0 Å². The molecule has 0 saturated heterocycles. The quantitative estimate of drug-likeness (QED) is 0.201. The fraction of sp³-hybridized carbons (Fsp3) is 0.0857. The third-order valence-electron chi connectivity index (χ3n) is 7.57. The van der Waals surface area contributed by atoms with Crippen LogP contribution >= 0.6 is 0 Å². The lowest BCUT2D eigenvalue weighted by atomic mass is 9.96. The van der Waals surface area contributed by atoms with Crippen LogP contribution in [0.3, 0.4) is 0 Å². The minimum absolute atomic E-state index is 0. The van der Waals surface area contributed by atoms with E-state index in [2.05, 4.69) is 71.6 Å². The SMILES string of the molecule is COc1ccc(C(=O)C[n+]2cn(C(c3ccccc3)c3ccc4oc5ccccc5c4c3)c3ccccc32)cc1.[Br-]. The van der Waals surface area contributed by atoms with Gasteiger partial charge in [0, 0.05) is 27.5 Å². The third kappa shape index (κ3) is 4.81. The second kappa shape index (κ2) is 11.1. The first-order valence-electron chi connectivity index (χ1n) is 13.3. The highest BCUT2D eigenvalue weighted by Gasteiger charge is 2.28. The van der Waals surface area contributed by atoms with Crippen molar-refractivity contribution in [3.05, 3.63) is 144 Å². The molecule has 7 aromatic rings. The summed E-state index contributed by atoms with van der Waals surface area (Å²) < 4.78 is 15.7. The summed E-state index contributed by atoms with van der Waals surface area (Å²) in [7, 11) is 1.62. The molecule has 0 fully saturated rings. The fourth-order valence-electron chi connectivity index (χ4n) is 5.62. The van der Waals surface area contributed by atoms with E-state index in [1.54, 1.807) is 7.11 Å². The van der Waals surface area contributed by atoms with E-state index in [1.165, 1.54) is 0 Å². The molecule has 7 rings (SSSR count). The maximum atomic E-state index is 13.3. The average Bonchev–Trinajstić information content (AvgIpc) is 3.56. The van der Waals surface area contributed by atoms with Crippen LogP contribution in [0.1, 0.15) is 27.5 Å². The molecule has 0 N–H and O–H groups in total. The molecule has 0 saturated carbocycles. The molecule has 0 amide bonds. The summed E-state index contributed by atoms with van der Waals surface area (Å²) in [5, 5.41) is 2.19. The van der Waals surface area contributed by atoms with E-state index in [0.29, 0.717) is 5.56 Å². The van der Waals surface area contributed by atoms with Crippen LogP contribution in [0, 0.1) is 0 Å². The molecule has 0 aliphatic rings. The van der Waals surface area contributed by atoms with Crippen LogP contribution in [-0.2, 0) is 6.54 Å². The molecule has 0 aliphatic carbocycles. The van der Waals surface area contributed by atoms with Gasteiger partial charge in [-0.2, -0.15) is 0 Å². The Labute approximate surface area is 248 Å². The largest absolute Gasteiger partial charge is 1.00 e. The predicted molar refractivity (Wildman–Crippen MR) is 157 cm³/mol. The van der Waals surface area contributed by atoms with Gasteiger partial charge in [0.2, 0.25) is 12.1 Å². The third-order valence-corrected chi connectivity index (χ3v) is 7.57. The van der Waals surface area contributed by atoms with Gasteiger partial charge < -0.3 is 26.1 Å². The smallest absolute Gasteiger partial charge is 0.245 e. The standard InChI is InChI=1S/C35H27N2O3.BrH/c1-39-27-18-15-24(16-19-27)32(38)22-36-23-37(31-13-7-6-12-30(31)36)35(25-9-3-2-4-10-25)26-17-20-34-29(21-26)28-11-5-8-14-33(28)40-34;/h2-21,23,35H,22H2,1H3;1H/q+1;/p-1. The van der Waals surface area contributed by atoms with Crippen molar-refractivity contribution >= 4 is 38.8 Å². The highest BCUT2D eigenvalue weighted by atomic mass is 79.9. The van der Waals surface area contributed by atoms with Crippen molar-refractivity contribution in [3.8, 4) is 5.75 Å². The van der Waals surface area contributed by atoms with Gasteiger partial charge in [0.1, 0.15) is 16.9 Å².